The van der Waals surface area contributed by atoms with Gasteiger partial charge in [-0.3, -0.25) is 4.79 Å². The lowest BCUT2D eigenvalue weighted by Crippen LogP contribution is -2.26. The maximum Gasteiger partial charge on any atom is 0.219 e. The Hall–Kier alpha value is -0.665. The van der Waals surface area contributed by atoms with E-state index < -0.39 is 0 Å². The van der Waals surface area contributed by atoms with E-state index in [4.69, 9.17) is 31.5 Å². The third-order valence-corrected chi connectivity index (χ3v) is 2.50. The van der Waals surface area contributed by atoms with Gasteiger partial charge >= 0.3 is 0 Å². The van der Waals surface area contributed by atoms with Crippen molar-refractivity contribution in [3.8, 4) is 0 Å². The summed E-state index contributed by atoms with van der Waals surface area (Å²) in [6.45, 7) is 7.20. The third-order valence-electron chi connectivity index (χ3n) is 2.50. The molecule has 0 aliphatic heterocycles. The monoisotopic (exact) mass is 317 g/mol. The van der Waals surface area contributed by atoms with Gasteiger partial charge in [-0.1, -0.05) is 6.92 Å². The highest BCUT2D eigenvalue weighted by molar-refractivity contribution is 6.08. The molecular formula is C14H28BNO6. The van der Waals surface area contributed by atoms with Gasteiger partial charge in [0.1, 0.15) is 7.85 Å². The van der Waals surface area contributed by atoms with Crippen LogP contribution >= 0.6 is 0 Å². The minimum atomic E-state index is 0.0351. The first-order chi connectivity index (χ1) is 10.8. The smallest absolute Gasteiger partial charge is 0.219 e. The molecule has 8 heteroatoms. The molecule has 0 atom stereocenters. The fourth-order valence-corrected chi connectivity index (χ4v) is 1.35. The zero-order valence-corrected chi connectivity index (χ0v) is 13.5. The Balaban J connectivity index is 2.98. The second-order valence-corrected chi connectivity index (χ2v) is 4.23. The summed E-state index contributed by atoms with van der Waals surface area (Å²) in [4.78, 5) is 10.9. The van der Waals surface area contributed by atoms with Crippen LogP contribution in [0.3, 0.4) is 0 Å². The predicted octanol–water partition coefficient (Wildman–Crippen LogP) is -0.278. The molecule has 0 spiro atoms. The number of hydrogen-bond acceptors (Lipinski definition) is 6. The molecule has 1 amide bonds. The predicted molar refractivity (Wildman–Crippen MR) is 83.1 cm³/mol. The minimum Gasteiger partial charge on any atom is -0.389 e. The van der Waals surface area contributed by atoms with E-state index in [1.165, 1.54) is 0 Å². The van der Waals surface area contributed by atoms with Crippen molar-refractivity contribution in [2.75, 3.05) is 72.5 Å². The summed E-state index contributed by atoms with van der Waals surface area (Å²) >= 11 is 0. The number of nitrogens with one attached hydrogen (secondary N) is 1. The van der Waals surface area contributed by atoms with Crippen LogP contribution in [0.2, 0.25) is 0 Å². The number of rotatable bonds is 17. The van der Waals surface area contributed by atoms with E-state index >= 15 is 0 Å². The highest BCUT2D eigenvalue weighted by atomic mass is 16.6. The Morgan fingerprint density at radius 1 is 0.773 bits per heavy atom. The quantitative estimate of drug-likeness (QED) is 0.294. The zero-order chi connectivity index (χ0) is 16.3. The molecule has 2 radical (unpaired) electrons. The molecule has 0 heterocycles. The SMILES string of the molecule is [B]COCCOCCOCCOCCOCCNC(=O)CC. The van der Waals surface area contributed by atoms with E-state index in [1.807, 2.05) is 6.92 Å². The molecule has 128 valence electrons. The summed E-state index contributed by atoms with van der Waals surface area (Å²) in [6.07, 6.45) is 0.496. The second-order valence-electron chi connectivity index (χ2n) is 4.23. The van der Waals surface area contributed by atoms with Crippen LogP contribution in [0.15, 0.2) is 0 Å². The van der Waals surface area contributed by atoms with E-state index in [9.17, 15) is 4.79 Å². The average Bonchev–Trinajstić information content (AvgIpc) is 2.54. The summed E-state index contributed by atoms with van der Waals surface area (Å²) < 4.78 is 26.1. The Morgan fingerprint density at radius 2 is 1.18 bits per heavy atom. The number of amides is 1. The Kier molecular flexibility index (Phi) is 17.8. The van der Waals surface area contributed by atoms with Crippen molar-refractivity contribution >= 4 is 13.8 Å². The lowest BCUT2D eigenvalue weighted by atomic mass is 10.2. The molecular weight excluding hydrogens is 289 g/mol. The number of ether oxygens (including phenoxy) is 5. The van der Waals surface area contributed by atoms with Crippen LogP contribution < -0.4 is 5.32 Å². The van der Waals surface area contributed by atoms with Crippen LogP contribution in [0.4, 0.5) is 0 Å². The zero-order valence-electron chi connectivity index (χ0n) is 13.5. The molecule has 1 N–H and O–H groups in total. The Labute approximate surface area is 134 Å². The van der Waals surface area contributed by atoms with Crippen LogP contribution in [0.25, 0.3) is 0 Å². The summed E-state index contributed by atoms with van der Waals surface area (Å²) in [6, 6.07) is 0. The van der Waals surface area contributed by atoms with E-state index in [-0.39, 0.29) is 12.4 Å². The molecule has 0 aliphatic rings. The van der Waals surface area contributed by atoms with Crippen LogP contribution in [-0.4, -0.2) is 86.3 Å². The molecule has 0 aromatic carbocycles. The molecule has 0 saturated heterocycles. The normalized spacial score (nSPS) is 10.8. The van der Waals surface area contributed by atoms with Crippen molar-refractivity contribution in [1.29, 1.82) is 0 Å². The van der Waals surface area contributed by atoms with E-state index in [0.717, 1.165) is 0 Å². The third kappa shape index (κ3) is 17.4. The van der Waals surface area contributed by atoms with Gasteiger partial charge in [0.15, 0.2) is 0 Å². The van der Waals surface area contributed by atoms with Crippen LogP contribution in [0.5, 0.6) is 0 Å². The number of hydrogen-bond donors (Lipinski definition) is 1. The highest BCUT2D eigenvalue weighted by Crippen LogP contribution is 1.83. The van der Waals surface area contributed by atoms with E-state index in [2.05, 4.69) is 5.32 Å². The van der Waals surface area contributed by atoms with Crippen LogP contribution in [-0.2, 0) is 28.5 Å². The van der Waals surface area contributed by atoms with Crippen molar-refractivity contribution in [2.24, 2.45) is 0 Å². The van der Waals surface area contributed by atoms with Gasteiger partial charge in [-0.25, -0.2) is 0 Å². The molecule has 0 aliphatic carbocycles. The maximum absolute atomic E-state index is 10.9. The van der Waals surface area contributed by atoms with Crippen molar-refractivity contribution in [2.45, 2.75) is 13.3 Å². The van der Waals surface area contributed by atoms with Gasteiger partial charge < -0.3 is 29.0 Å². The maximum atomic E-state index is 10.9. The van der Waals surface area contributed by atoms with E-state index in [1.54, 1.807) is 0 Å². The van der Waals surface area contributed by atoms with Crippen molar-refractivity contribution in [3.05, 3.63) is 0 Å². The van der Waals surface area contributed by atoms with Crippen LogP contribution in [0, 0.1) is 0 Å². The average molecular weight is 317 g/mol. The first kappa shape index (κ1) is 21.3. The highest BCUT2D eigenvalue weighted by Gasteiger charge is 1.95. The molecule has 0 rings (SSSR count). The topological polar surface area (TPSA) is 75.2 Å². The summed E-state index contributed by atoms with van der Waals surface area (Å²) in [5, 5.41) is 2.73. The summed E-state index contributed by atoms with van der Waals surface area (Å²) in [7, 11) is 5.16. The van der Waals surface area contributed by atoms with Crippen molar-refractivity contribution in [3.63, 3.8) is 0 Å². The first-order valence-electron chi connectivity index (χ1n) is 7.66. The van der Waals surface area contributed by atoms with Crippen molar-refractivity contribution < 1.29 is 28.5 Å². The van der Waals surface area contributed by atoms with Gasteiger partial charge in [-0.05, 0) is 0 Å². The van der Waals surface area contributed by atoms with E-state index in [0.29, 0.717) is 72.4 Å². The van der Waals surface area contributed by atoms with Crippen molar-refractivity contribution in [1.82, 2.24) is 5.32 Å². The molecule has 7 nitrogen and oxygen atoms in total. The molecule has 0 aromatic heterocycles. The Bertz CT molecular complexity index is 245. The summed E-state index contributed by atoms with van der Waals surface area (Å²) in [5.74, 6) is 0.0351. The van der Waals surface area contributed by atoms with Gasteiger partial charge in [-0.2, -0.15) is 0 Å². The lowest BCUT2D eigenvalue weighted by molar-refractivity contribution is -0.121. The fraction of sp³-hybridized carbons (Fsp3) is 0.929. The lowest BCUT2D eigenvalue weighted by Gasteiger charge is -2.08. The molecule has 0 bridgehead atoms. The Morgan fingerprint density at radius 3 is 1.59 bits per heavy atom. The van der Waals surface area contributed by atoms with Gasteiger partial charge in [-0.15, -0.1) is 0 Å². The molecule has 0 unspecified atom stereocenters. The van der Waals surface area contributed by atoms with Crippen LogP contribution in [0.1, 0.15) is 13.3 Å². The molecule has 0 saturated carbocycles. The molecule has 0 aromatic rings. The van der Waals surface area contributed by atoms with Gasteiger partial charge in [0.25, 0.3) is 0 Å². The standard InChI is InChI=1S/C14H28BNO6/c1-2-14(17)16-3-4-18-5-6-19-7-8-20-9-10-21-11-12-22-13-15/h2-13H2,1H3,(H,16,17). The largest absolute Gasteiger partial charge is 0.389 e. The summed E-state index contributed by atoms with van der Waals surface area (Å²) in [5.41, 5.74) is 0. The van der Waals surface area contributed by atoms with Gasteiger partial charge in [0.05, 0.1) is 59.5 Å². The van der Waals surface area contributed by atoms with Gasteiger partial charge in [0, 0.05) is 19.5 Å². The first-order valence-corrected chi connectivity index (χ1v) is 7.66. The minimum absolute atomic E-state index is 0.0351. The molecule has 22 heavy (non-hydrogen) atoms. The molecule has 0 fully saturated rings. The number of carbonyl (C=O) groups is 1. The second kappa shape index (κ2) is 18.4. The fourth-order valence-electron chi connectivity index (χ4n) is 1.35. The number of carbonyl (C=O) groups excluding carboxylic acids is 1. The van der Waals surface area contributed by atoms with Gasteiger partial charge in [0.2, 0.25) is 5.91 Å².